The summed E-state index contributed by atoms with van der Waals surface area (Å²) in [4.78, 5) is 29.0. The molecule has 136 valence electrons. The zero-order chi connectivity index (χ0) is 18.6. The highest BCUT2D eigenvalue weighted by atomic mass is 19.1. The average molecular weight is 363 g/mol. The molecular formula is C20H18FN5O. The molecule has 27 heavy (non-hydrogen) atoms. The van der Waals surface area contributed by atoms with Gasteiger partial charge >= 0.3 is 0 Å². The van der Waals surface area contributed by atoms with Crippen LogP contribution in [0.2, 0.25) is 0 Å². The Hall–Kier alpha value is -3.35. The standard InChI is InChI=1S/C20H18FN5O/c21-17-2-4-18(5-3-17)25-7-9-26(10-8-25)20(27)15-1-6-19(24-13-15)16-11-22-14-23-12-16/h1-6,11-14H,7-10H2. The fourth-order valence-electron chi connectivity index (χ4n) is 3.12. The van der Waals surface area contributed by atoms with Crippen LogP contribution in [0.3, 0.4) is 0 Å². The van der Waals surface area contributed by atoms with Crippen molar-refractivity contribution in [1.82, 2.24) is 19.9 Å². The second-order valence-corrected chi connectivity index (χ2v) is 6.31. The molecule has 1 saturated heterocycles. The Morgan fingerprint density at radius 2 is 1.59 bits per heavy atom. The lowest BCUT2D eigenvalue weighted by atomic mass is 10.1. The molecule has 1 aliphatic heterocycles. The maximum atomic E-state index is 13.1. The summed E-state index contributed by atoms with van der Waals surface area (Å²) >= 11 is 0. The van der Waals surface area contributed by atoms with Crippen LogP contribution in [0.15, 0.2) is 61.3 Å². The molecule has 1 fully saturated rings. The van der Waals surface area contributed by atoms with Crippen LogP contribution < -0.4 is 4.90 Å². The molecule has 0 atom stereocenters. The largest absolute Gasteiger partial charge is 0.368 e. The number of piperazine rings is 1. The Morgan fingerprint density at radius 3 is 2.22 bits per heavy atom. The number of anilines is 1. The molecule has 6 nitrogen and oxygen atoms in total. The van der Waals surface area contributed by atoms with Gasteiger partial charge in [-0.3, -0.25) is 9.78 Å². The summed E-state index contributed by atoms with van der Waals surface area (Å²) in [5, 5.41) is 0. The lowest BCUT2D eigenvalue weighted by Crippen LogP contribution is -2.48. The zero-order valence-electron chi connectivity index (χ0n) is 14.6. The lowest BCUT2D eigenvalue weighted by Gasteiger charge is -2.36. The molecule has 0 unspecified atom stereocenters. The molecule has 1 aliphatic rings. The molecule has 0 N–H and O–H groups in total. The Kier molecular flexibility index (Phi) is 4.74. The third-order valence-electron chi connectivity index (χ3n) is 4.63. The van der Waals surface area contributed by atoms with Crippen LogP contribution in [0.25, 0.3) is 11.3 Å². The predicted molar refractivity (Wildman–Crippen MR) is 99.8 cm³/mol. The highest BCUT2D eigenvalue weighted by Gasteiger charge is 2.22. The number of rotatable bonds is 3. The van der Waals surface area contributed by atoms with Gasteiger partial charge in [0.2, 0.25) is 0 Å². The first-order chi connectivity index (χ1) is 13.2. The molecule has 4 rings (SSSR count). The molecule has 0 saturated carbocycles. The average Bonchev–Trinajstić information content (AvgIpc) is 2.75. The van der Waals surface area contributed by atoms with Crippen LogP contribution in [0, 0.1) is 5.82 Å². The van der Waals surface area contributed by atoms with Gasteiger partial charge in [0.15, 0.2) is 0 Å². The van der Waals surface area contributed by atoms with Crippen molar-refractivity contribution in [3.8, 4) is 11.3 Å². The number of pyridine rings is 1. The predicted octanol–water partition coefficient (Wildman–Crippen LogP) is 2.64. The van der Waals surface area contributed by atoms with Gasteiger partial charge < -0.3 is 9.80 Å². The first-order valence-corrected chi connectivity index (χ1v) is 8.72. The van der Waals surface area contributed by atoms with Crippen molar-refractivity contribution >= 4 is 11.6 Å². The van der Waals surface area contributed by atoms with E-state index in [4.69, 9.17) is 0 Å². The fraction of sp³-hybridized carbons (Fsp3) is 0.200. The molecular weight excluding hydrogens is 345 g/mol. The topological polar surface area (TPSA) is 62.2 Å². The number of hydrogen-bond donors (Lipinski definition) is 0. The molecule has 1 aromatic carbocycles. The number of nitrogens with zero attached hydrogens (tertiary/aromatic N) is 5. The number of hydrogen-bond acceptors (Lipinski definition) is 5. The van der Waals surface area contributed by atoms with E-state index in [2.05, 4.69) is 19.9 Å². The first kappa shape index (κ1) is 17.1. The maximum Gasteiger partial charge on any atom is 0.255 e. The van der Waals surface area contributed by atoms with E-state index in [-0.39, 0.29) is 11.7 Å². The fourth-order valence-corrected chi connectivity index (χ4v) is 3.12. The van der Waals surface area contributed by atoms with Gasteiger partial charge in [-0.25, -0.2) is 14.4 Å². The van der Waals surface area contributed by atoms with Gasteiger partial charge in [-0.1, -0.05) is 0 Å². The molecule has 0 spiro atoms. The highest BCUT2D eigenvalue weighted by molar-refractivity contribution is 5.94. The van der Waals surface area contributed by atoms with Crippen molar-refractivity contribution in [2.45, 2.75) is 0 Å². The Balaban J connectivity index is 1.40. The quantitative estimate of drug-likeness (QED) is 0.716. The van der Waals surface area contributed by atoms with Gasteiger partial charge in [0.1, 0.15) is 12.1 Å². The number of aromatic nitrogens is 3. The molecule has 1 amide bonds. The molecule has 0 aliphatic carbocycles. The number of amides is 1. The van der Waals surface area contributed by atoms with Crippen LogP contribution in [-0.4, -0.2) is 51.9 Å². The number of benzene rings is 1. The van der Waals surface area contributed by atoms with Crippen molar-refractivity contribution in [2.75, 3.05) is 31.1 Å². The van der Waals surface area contributed by atoms with Crippen LogP contribution in [0.4, 0.5) is 10.1 Å². The van der Waals surface area contributed by atoms with Crippen molar-refractivity contribution in [3.63, 3.8) is 0 Å². The summed E-state index contributed by atoms with van der Waals surface area (Å²) in [5.74, 6) is -0.275. The van der Waals surface area contributed by atoms with Crippen LogP contribution in [0.1, 0.15) is 10.4 Å². The van der Waals surface area contributed by atoms with E-state index in [1.807, 2.05) is 4.90 Å². The smallest absolute Gasteiger partial charge is 0.255 e. The summed E-state index contributed by atoms with van der Waals surface area (Å²) < 4.78 is 13.1. The summed E-state index contributed by atoms with van der Waals surface area (Å²) in [6.45, 7) is 2.66. The number of halogens is 1. The molecule has 0 radical (unpaired) electrons. The van der Waals surface area contributed by atoms with Gasteiger partial charge in [-0.15, -0.1) is 0 Å². The second-order valence-electron chi connectivity index (χ2n) is 6.31. The van der Waals surface area contributed by atoms with Gasteiger partial charge in [-0.05, 0) is 36.4 Å². The second kappa shape index (κ2) is 7.49. The SMILES string of the molecule is O=C(c1ccc(-c2cncnc2)nc1)N1CCN(c2ccc(F)cc2)CC1. The van der Waals surface area contributed by atoms with E-state index in [1.54, 1.807) is 42.9 Å². The van der Waals surface area contributed by atoms with E-state index in [0.29, 0.717) is 31.7 Å². The first-order valence-electron chi connectivity index (χ1n) is 8.72. The van der Waals surface area contributed by atoms with Gasteiger partial charge in [-0.2, -0.15) is 0 Å². The summed E-state index contributed by atoms with van der Waals surface area (Å²) in [7, 11) is 0. The van der Waals surface area contributed by atoms with Gasteiger partial charge in [0, 0.05) is 56.0 Å². The van der Waals surface area contributed by atoms with E-state index in [9.17, 15) is 9.18 Å². The van der Waals surface area contributed by atoms with Crippen molar-refractivity contribution in [3.05, 3.63) is 72.7 Å². The third-order valence-corrected chi connectivity index (χ3v) is 4.63. The third kappa shape index (κ3) is 3.76. The van der Waals surface area contributed by atoms with Crippen LogP contribution in [-0.2, 0) is 0 Å². The van der Waals surface area contributed by atoms with Gasteiger partial charge in [0.25, 0.3) is 5.91 Å². The molecule has 7 heteroatoms. The van der Waals surface area contributed by atoms with Crippen LogP contribution >= 0.6 is 0 Å². The summed E-state index contributed by atoms with van der Waals surface area (Å²) in [6.07, 6.45) is 6.43. The van der Waals surface area contributed by atoms with E-state index in [0.717, 1.165) is 16.9 Å². The summed E-state index contributed by atoms with van der Waals surface area (Å²) in [5.41, 5.74) is 3.07. The highest BCUT2D eigenvalue weighted by Crippen LogP contribution is 2.19. The Bertz CT molecular complexity index is 907. The lowest BCUT2D eigenvalue weighted by molar-refractivity contribution is 0.0746. The Labute approximate surface area is 156 Å². The Morgan fingerprint density at radius 1 is 0.889 bits per heavy atom. The van der Waals surface area contributed by atoms with Crippen molar-refractivity contribution < 1.29 is 9.18 Å². The monoisotopic (exact) mass is 363 g/mol. The van der Waals surface area contributed by atoms with Crippen molar-refractivity contribution in [2.24, 2.45) is 0 Å². The zero-order valence-corrected chi connectivity index (χ0v) is 14.6. The molecule has 2 aromatic heterocycles. The molecule has 3 aromatic rings. The number of carbonyl (C=O) groups is 1. The molecule has 0 bridgehead atoms. The minimum Gasteiger partial charge on any atom is -0.368 e. The van der Waals surface area contributed by atoms with E-state index in [1.165, 1.54) is 18.5 Å². The van der Waals surface area contributed by atoms with E-state index < -0.39 is 0 Å². The minimum absolute atomic E-state index is 0.0304. The maximum absolute atomic E-state index is 13.1. The number of carbonyl (C=O) groups excluding carboxylic acids is 1. The van der Waals surface area contributed by atoms with Crippen LogP contribution in [0.5, 0.6) is 0 Å². The normalized spacial score (nSPS) is 14.3. The van der Waals surface area contributed by atoms with Crippen molar-refractivity contribution in [1.29, 1.82) is 0 Å². The van der Waals surface area contributed by atoms with Gasteiger partial charge in [0.05, 0.1) is 11.3 Å². The summed E-state index contributed by atoms with van der Waals surface area (Å²) in [6, 6.07) is 10.0. The molecule has 3 heterocycles. The minimum atomic E-state index is -0.245. The van der Waals surface area contributed by atoms with E-state index >= 15 is 0 Å².